The number of nitrogens with zero attached hydrogens (tertiary/aromatic N) is 1. The maximum atomic E-state index is 13.2. The van der Waals surface area contributed by atoms with Gasteiger partial charge < -0.3 is 15.5 Å². The van der Waals surface area contributed by atoms with Crippen LogP contribution in [0.1, 0.15) is 47.6 Å². The maximum absolute atomic E-state index is 13.2. The average molecular weight is 438 g/mol. The summed E-state index contributed by atoms with van der Waals surface area (Å²) in [5.41, 5.74) is 2.75. The fraction of sp³-hybridized carbons (Fsp3) is 0.375. The number of hydrogen-bond donors (Lipinski definition) is 2. The van der Waals surface area contributed by atoms with Crippen molar-refractivity contribution in [3.05, 3.63) is 71.3 Å². The molecule has 2 heterocycles. The number of carbonyl (C=O) groups excluding carboxylic acids is 3. The SMILES string of the molecule is C[C@H](NC(=O)[C@H]1N2C(=O)c3ccccc3[C@H]2SC1(C)C)C(=O)NCCc1ccccc1. The topological polar surface area (TPSA) is 78.5 Å². The van der Waals surface area contributed by atoms with Crippen LogP contribution in [0.5, 0.6) is 0 Å². The summed E-state index contributed by atoms with van der Waals surface area (Å²) in [6.45, 7) is 6.11. The Kier molecular flexibility index (Phi) is 5.79. The van der Waals surface area contributed by atoms with Crippen molar-refractivity contribution in [1.29, 1.82) is 0 Å². The van der Waals surface area contributed by atoms with E-state index in [0.717, 1.165) is 17.5 Å². The van der Waals surface area contributed by atoms with E-state index in [4.69, 9.17) is 0 Å². The molecule has 3 atom stereocenters. The van der Waals surface area contributed by atoms with Crippen molar-refractivity contribution < 1.29 is 14.4 Å². The van der Waals surface area contributed by atoms with Crippen LogP contribution < -0.4 is 10.6 Å². The summed E-state index contributed by atoms with van der Waals surface area (Å²) in [5.74, 6) is -0.661. The summed E-state index contributed by atoms with van der Waals surface area (Å²) in [6.07, 6.45) is 0.724. The third-order valence-corrected chi connectivity index (χ3v) is 7.39. The van der Waals surface area contributed by atoms with E-state index in [-0.39, 0.29) is 23.1 Å². The number of thioether (sulfide) groups is 1. The number of hydrogen-bond acceptors (Lipinski definition) is 4. The second-order valence-corrected chi connectivity index (χ2v) is 10.3. The molecule has 0 radical (unpaired) electrons. The first-order valence-corrected chi connectivity index (χ1v) is 11.4. The van der Waals surface area contributed by atoms with Crippen LogP contribution in [-0.4, -0.2) is 46.0 Å². The van der Waals surface area contributed by atoms with Gasteiger partial charge in [-0.15, -0.1) is 11.8 Å². The zero-order valence-corrected chi connectivity index (χ0v) is 18.7. The number of carbonyl (C=O) groups is 3. The lowest BCUT2D eigenvalue weighted by atomic mass is 10.0. The number of rotatable bonds is 6. The molecule has 0 spiro atoms. The van der Waals surface area contributed by atoms with E-state index in [2.05, 4.69) is 10.6 Å². The van der Waals surface area contributed by atoms with Crippen LogP contribution in [0.25, 0.3) is 0 Å². The Morgan fingerprint density at radius 2 is 1.77 bits per heavy atom. The normalized spacial score (nSPS) is 21.9. The van der Waals surface area contributed by atoms with Crippen LogP contribution in [0.4, 0.5) is 0 Å². The molecule has 0 bridgehead atoms. The van der Waals surface area contributed by atoms with Crippen molar-refractivity contribution in [2.24, 2.45) is 0 Å². The minimum atomic E-state index is -0.691. The van der Waals surface area contributed by atoms with Crippen molar-refractivity contribution in [3.8, 4) is 0 Å². The molecule has 2 aromatic carbocycles. The molecule has 4 rings (SSSR count). The van der Waals surface area contributed by atoms with E-state index in [1.165, 1.54) is 0 Å². The Bertz CT molecular complexity index is 1010. The smallest absolute Gasteiger partial charge is 0.256 e. The van der Waals surface area contributed by atoms with Crippen LogP contribution in [0.15, 0.2) is 54.6 Å². The van der Waals surface area contributed by atoms with Gasteiger partial charge in [0.2, 0.25) is 11.8 Å². The minimum Gasteiger partial charge on any atom is -0.354 e. The van der Waals surface area contributed by atoms with Gasteiger partial charge in [0.15, 0.2) is 0 Å². The molecular weight excluding hydrogens is 410 g/mol. The summed E-state index contributed by atoms with van der Waals surface area (Å²) in [7, 11) is 0. The molecule has 0 aromatic heterocycles. The van der Waals surface area contributed by atoms with Crippen molar-refractivity contribution in [2.75, 3.05) is 6.54 Å². The molecule has 0 unspecified atom stereocenters. The van der Waals surface area contributed by atoms with E-state index >= 15 is 0 Å². The van der Waals surface area contributed by atoms with Gasteiger partial charge in [-0.1, -0.05) is 48.5 Å². The van der Waals surface area contributed by atoms with Crippen molar-refractivity contribution in [2.45, 2.75) is 49.4 Å². The van der Waals surface area contributed by atoms with Crippen LogP contribution in [0.3, 0.4) is 0 Å². The number of benzene rings is 2. The summed E-state index contributed by atoms with van der Waals surface area (Å²) >= 11 is 1.61. The van der Waals surface area contributed by atoms with Gasteiger partial charge >= 0.3 is 0 Å². The molecule has 7 heteroatoms. The Morgan fingerprint density at radius 3 is 2.52 bits per heavy atom. The molecule has 2 aromatic rings. The molecule has 3 amide bonds. The molecule has 2 aliphatic heterocycles. The lowest BCUT2D eigenvalue weighted by Crippen LogP contribution is -2.56. The molecule has 1 saturated heterocycles. The quantitative estimate of drug-likeness (QED) is 0.728. The first-order valence-electron chi connectivity index (χ1n) is 10.5. The fourth-order valence-electron chi connectivity index (χ4n) is 4.29. The highest BCUT2D eigenvalue weighted by molar-refractivity contribution is 8.01. The van der Waals surface area contributed by atoms with Crippen LogP contribution in [0.2, 0.25) is 0 Å². The van der Waals surface area contributed by atoms with E-state index < -0.39 is 16.8 Å². The zero-order valence-electron chi connectivity index (χ0n) is 17.9. The summed E-state index contributed by atoms with van der Waals surface area (Å²) in [6, 6.07) is 16.1. The summed E-state index contributed by atoms with van der Waals surface area (Å²) in [4.78, 5) is 40.4. The fourth-order valence-corrected chi connectivity index (χ4v) is 5.88. The number of fused-ring (bicyclic) bond motifs is 3. The predicted octanol–water partition coefficient (Wildman–Crippen LogP) is 2.90. The number of nitrogens with one attached hydrogen (secondary N) is 2. The Labute approximate surface area is 186 Å². The average Bonchev–Trinajstić information content (AvgIpc) is 3.18. The first kappa shape index (κ1) is 21.4. The van der Waals surface area contributed by atoms with E-state index in [1.54, 1.807) is 29.7 Å². The molecule has 0 saturated carbocycles. The molecule has 2 N–H and O–H groups in total. The van der Waals surface area contributed by atoms with Gasteiger partial charge in [-0.25, -0.2) is 0 Å². The standard InChI is InChI=1S/C24H27N3O3S/c1-15(20(28)25-14-13-16-9-5-4-6-10-16)26-21(29)19-24(2,3)31-23-18-12-8-7-11-17(18)22(30)27(19)23/h4-12,15,19,23H,13-14H2,1-3H3,(H,25,28)(H,26,29)/t15-,19+,23+/m0/s1. The van der Waals surface area contributed by atoms with Crippen LogP contribution in [-0.2, 0) is 16.0 Å². The third kappa shape index (κ3) is 4.06. The molecule has 0 aliphatic carbocycles. The predicted molar refractivity (Wildman–Crippen MR) is 122 cm³/mol. The van der Waals surface area contributed by atoms with Gasteiger partial charge in [-0.2, -0.15) is 0 Å². The molecular formula is C24H27N3O3S. The highest BCUT2D eigenvalue weighted by atomic mass is 32.2. The second-order valence-electron chi connectivity index (χ2n) is 8.53. The van der Waals surface area contributed by atoms with E-state index in [1.807, 2.05) is 62.4 Å². The zero-order chi connectivity index (χ0) is 22.2. The largest absolute Gasteiger partial charge is 0.354 e. The molecule has 31 heavy (non-hydrogen) atoms. The molecule has 162 valence electrons. The Morgan fingerprint density at radius 1 is 1.10 bits per heavy atom. The van der Waals surface area contributed by atoms with E-state index in [9.17, 15) is 14.4 Å². The Hall–Kier alpha value is -2.80. The van der Waals surface area contributed by atoms with Crippen LogP contribution in [0, 0.1) is 0 Å². The molecule has 1 fully saturated rings. The first-order chi connectivity index (χ1) is 14.8. The Balaban J connectivity index is 1.39. The highest BCUT2D eigenvalue weighted by Crippen LogP contribution is 2.56. The van der Waals surface area contributed by atoms with Crippen LogP contribution >= 0.6 is 11.8 Å². The van der Waals surface area contributed by atoms with Gasteiger partial charge in [0.25, 0.3) is 5.91 Å². The third-order valence-electron chi connectivity index (χ3n) is 5.85. The lowest BCUT2D eigenvalue weighted by molar-refractivity contribution is -0.131. The minimum absolute atomic E-state index is 0.126. The van der Waals surface area contributed by atoms with Crippen molar-refractivity contribution in [3.63, 3.8) is 0 Å². The van der Waals surface area contributed by atoms with Gasteiger partial charge in [-0.3, -0.25) is 14.4 Å². The number of amides is 3. The highest BCUT2D eigenvalue weighted by Gasteiger charge is 2.57. The van der Waals surface area contributed by atoms with Crippen molar-refractivity contribution >= 4 is 29.5 Å². The van der Waals surface area contributed by atoms with E-state index in [0.29, 0.717) is 12.1 Å². The maximum Gasteiger partial charge on any atom is 0.256 e. The van der Waals surface area contributed by atoms with Crippen molar-refractivity contribution in [1.82, 2.24) is 15.5 Å². The van der Waals surface area contributed by atoms with Gasteiger partial charge in [-0.05, 0) is 44.4 Å². The van der Waals surface area contributed by atoms with Gasteiger partial charge in [0, 0.05) is 16.9 Å². The second kappa shape index (κ2) is 8.38. The summed E-state index contributed by atoms with van der Waals surface area (Å²) < 4.78 is -0.471. The monoisotopic (exact) mass is 437 g/mol. The summed E-state index contributed by atoms with van der Waals surface area (Å²) in [5, 5.41) is 5.53. The van der Waals surface area contributed by atoms with Gasteiger partial charge in [0.1, 0.15) is 17.5 Å². The van der Waals surface area contributed by atoms with Gasteiger partial charge in [0.05, 0.1) is 0 Å². The molecule has 6 nitrogen and oxygen atoms in total. The lowest BCUT2D eigenvalue weighted by Gasteiger charge is -2.30. The molecule has 2 aliphatic rings.